The Hall–Kier alpha value is -0.910. The number of rotatable bonds is 6. The van der Waals surface area contributed by atoms with E-state index in [0.717, 1.165) is 23.1 Å². The van der Waals surface area contributed by atoms with Gasteiger partial charge in [0.2, 0.25) is 0 Å². The molecule has 0 saturated carbocycles. The van der Waals surface area contributed by atoms with Gasteiger partial charge in [0.05, 0.1) is 22.4 Å². The number of hydrogen-bond donors (Lipinski definition) is 1. The van der Waals surface area contributed by atoms with E-state index >= 15 is 0 Å². The van der Waals surface area contributed by atoms with Gasteiger partial charge in [0, 0.05) is 17.1 Å². The van der Waals surface area contributed by atoms with Crippen LogP contribution < -0.4 is 5.32 Å². The molecule has 0 saturated heterocycles. The molecular weight excluding hydrogens is 357 g/mol. The average Bonchev–Trinajstić information content (AvgIpc) is 2.79. The summed E-state index contributed by atoms with van der Waals surface area (Å²) in [6, 6.07) is 4.41. The zero-order valence-electron chi connectivity index (χ0n) is 12.0. The molecular formula is C15H18BrClFN3. The molecule has 1 N–H and O–H groups in total. The summed E-state index contributed by atoms with van der Waals surface area (Å²) in [6.07, 6.45) is 2.69. The third-order valence-corrected chi connectivity index (χ3v) is 4.18. The highest BCUT2D eigenvalue weighted by molar-refractivity contribution is 9.10. The lowest BCUT2D eigenvalue weighted by Gasteiger charge is -2.22. The molecule has 0 spiro atoms. The summed E-state index contributed by atoms with van der Waals surface area (Å²) in [5.74, 6) is -0.315. The van der Waals surface area contributed by atoms with Crippen molar-refractivity contribution in [3.8, 4) is 0 Å². The van der Waals surface area contributed by atoms with Crippen LogP contribution in [0.4, 0.5) is 4.39 Å². The number of nitrogens with one attached hydrogen (secondary N) is 1. The maximum absolute atomic E-state index is 14.3. The van der Waals surface area contributed by atoms with Gasteiger partial charge in [-0.3, -0.25) is 4.68 Å². The van der Waals surface area contributed by atoms with Crippen LogP contribution in [0.25, 0.3) is 0 Å². The standard InChI is InChI=1S/C15H18BrClFN3/c1-3-8-21-15(10(16)9-20-21)14(19-4-2)13-11(17)6-5-7-12(13)18/h5-7,9,14,19H,3-4,8H2,1-2H3. The first-order valence-corrected chi connectivity index (χ1v) is 8.15. The van der Waals surface area contributed by atoms with E-state index in [2.05, 4.69) is 33.3 Å². The van der Waals surface area contributed by atoms with Crippen molar-refractivity contribution in [2.75, 3.05) is 6.54 Å². The molecule has 3 nitrogen and oxygen atoms in total. The zero-order valence-corrected chi connectivity index (χ0v) is 14.4. The molecule has 6 heteroatoms. The SMILES string of the molecule is CCCn1ncc(Br)c1C(NCC)c1c(F)cccc1Cl. The van der Waals surface area contributed by atoms with Crippen molar-refractivity contribution >= 4 is 27.5 Å². The Bertz CT molecular complexity index is 595. The van der Waals surface area contributed by atoms with Gasteiger partial charge in [-0.2, -0.15) is 5.10 Å². The fraction of sp³-hybridized carbons (Fsp3) is 0.400. The molecule has 0 bridgehead atoms. The lowest BCUT2D eigenvalue weighted by Crippen LogP contribution is -2.26. The second-order valence-corrected chi connectivity index (χ2v) is 5.99. The minimum atomic E-state index is -0.341. The molecule has 2 rings (SSSR count). The quantitative estimate of drug-likeness (QED) is 0.804. The molecule has 0 aliphatic rings. The molecule has 21 heavy (non-hydrogen) atoms. The summed E-state index contributed by atoms with van der Waals surface area (Å²) in [7, 11) is 0. The largest absolute Gasteiger partial charge is 0.305 e. The average molecular weight is 375 g/mol. The minimum absolute atomic E-state index is 0.315. The van der Waals surface area contributed by atoms with Crippen molar-refractivity contribution in [3.63, 3.8) is 0 Å². The summed E-state index contributed by atoms with van der Waals surface area (Å²) in [5.41, 5.74) is 1.35. The molecule has 1 aromatic heterocycles. The summed E-state index contributed by atoms with van der Waals surface area (Å²) < 4.78 is 17.0. The van der Waals surface area contributed by atoms with Crippen molar-refractivity contribution in [2.24, 2.45) is 0 Å². The van der Waals surface area contributed by atoms with Crippen LogP contribution >= 0.6 is 27.5 Å². The van der Waals surface area contributed by atoms with Gasteiger partial charge in [-0.15, -0.1) is 0 Å². The monoisotopic (exact) mass is 373 g/mol. The van der Waals surface area contributed by atoms with E-state index in [9.17, 15) is 4.39 Å². The Morgan fingerprint density at radius 3 is 2.81 bits per heavy atom. The van der Waals surface area contributed by atoms with E-state index in [-0.39, 0.29) is 11.9 Å². The Kier molecular flexibility index (Phi) is 5.79. The number of hydrogen-bond acceptors (Lipinski definition) is 2. The summed E-state index contributed by atoms with van der Waals surface area (Å²) in [4.78, 5) is 0. The third kappa shape index (κ3) is 3.47. The van der Waals surface area contributed by atoms with Gasteiger partial charge in [0.1, 0.15) is 5.82 Å². The first-order chi connectivity index (χ1) is 10.1. The van der Waals surface area contributed by atoms with E-state index in [1.54, 1.807) is 18.3 Å². The van der Waals surface area contributed by atoms with Crippen molar-refractivity contribution in [3.05, 3.63) is 51.0 Å². The van der Waals surface area contributed by atoms with Crippen molar-refractivity contribution < 1.29 is 4.39 Å². The fourth-order valence-corrected chi connectivity index (χ4v) is 3.17. The highest BCUT2D eigenvalue weighted by atomic mass is 79.9. The first kappa shape index (κ1) is 16.5. The predicted molar refractivity (Wildman–Crippen MR) is 87.1 cm³/mol. The van der Waals surface area contributed by atoms with Gasteiger partial charge in [0.25, 0.3) is 0 Å². The second kappa shape index (κ2) is 7.38. The van der Waals surface area contributed by atoms with E-state index in [1.807, 2.05) is 11.6 Å². The van der Waals surface area contributed by atoms with Gasteiger partial charge < -0.3 is 5.32 Å². The highest BCUT2D eigenvalue weighted by Gasteiger charge is 2.25. The Labute approximate surface area is 137 Å². The zero-order chi connectivity index (χ0) is 15.4. The van der Waals surface area contributed by atoms with Crippen LogP contribution in [0, 0.1) is 5.82 Å². The van der Waals surface area contributed by atoms with Gasteiger partial charge in [-0.25, -0.2) is 4.39 Å². The van der Waals surface area contributed by atoms with Crippen LogP contribution in [-0.4, -0.2) is 16.3 Å². The number of aromatic nitrogens is 2. The molecule has 1 unspecified atom stereocenters. The Balaban J connectivity index is 2.56. The van der Waals surface area contributed by atoms with Crippen LogP contribution in [-0.2, 0) is 6.54 Å². The smallest absolute Gasteiger partial charge is 0.129 e. The molecule has 0 amide bonds. The molecule has 0 radical (unpaired) electrons. The van der Waals surface area contributed by atoms with Crippen molar-refractivity contribution in [1.29, 1.82) is 0 Å². The van der Waals surface area contributed by atoms with Gasteiger partial charge in [0.15, 0.2) is 0 Å². The van der Waals surface area contributed by atoms with E-state index in [0.29, 0.717) is 17.1 Å². The van der Waals surface area contributed by atoms with E-state index < -0.39 is 0 Å². The van der Waals surface area contributed by atoms with E-state index in [1.165, 1.54) is 6.07 Å². The van der Waals surface area contributed by atoms with Crippen LogP contribution in [0.2, 0.25) is 5.02 Å². The molecule has 1 atom stereocenters. The number of halogens is 3. The summed E-state index contributed by atoms with van der Waals surface area (Å²) in [5, 5.41) is 8.08. The molecule has 1 heterocycles. The van der Waals surface area contributed by atoms with Crippen molar-refractivity contribution in [1.82, 2.24) is 15.1 Å². The van der Waals surface area contributed by atoms with Gasteiger partial charge >= 0.3 is 0 Å². The lowest BCUT2D eigenvalue weighted by atomic mass is 10.0. The molecule has 0 aliphatic carbocycles. The molecule has 1 aromatic carbocycles. The maximum atomic E-state index is 14.3. The van der Waals surface area contributed by atoms with Gasteiger partial charge in [-0.1, -0.05) is 31.5 Å². The third-order valence-electron chi connectivity index (χ3n) is 3.24. The second-order valence-electron chi connectivity index (χ2n) is 4.73. The molecule has 0 fully saturated rings. The number of benzene rings is 1. The summed E-state index contributed by atoms with van der Waals surface area (Å²) in [6.45, 7) is 5.53. The lowest BCUT2D eigenvalue weighted by molar-refractivity contribution is 0.501. The normalized spacial score (nSPS) is 12.6. The van der Waals surface area contributed by atoms with E-state index in [4.69, 9.17) is 11.6 Å². The van der Waals surface area contributed by atoms with Crippen LogP contribution in [0.5, 0.6) is 0 Å². The van der Waals surface area contributed by atoms with Crippen LogP contribution in [0.1, 0.15) is 37.6 Å². The maximum Gasteiger partial charge on any atom is 0.129 e. The predicted octanol–water partition coefficient (Wildman–Crippen LogP) is 4.55. The Morgan fingerprint density at radius 2 is 2.19 bits per heavy atom. The minimum Gasteiger partial charge on any atom is -0.305 e. The topological polar surface area (TPSA) is 29.9 Å². The highest BCUT2D eigenvalue weighted by Crippen LogP contribution is 2.34. The fourth-order valence-electron chi connectivity index (χ4n) is 2.37. The summed E-state index contributed by atoms with van der Waals surface area (Å²) >= 11 is 9.75. The Morgan fingerprint density at radius 1 is 1.43 bits per heavy atom. The molecule has 114 valence electrons. The van der Waals surface area contributed by atoms with Crippen LogP contribution in [0.3, 0.4) is 0 Å². The molecule has 2 aromatic rings. The molecule has 0 aliphatic heterocycles. The number of aryl methyl sites for hydroxylation is 1. The first-order valence-electron chi connectivity index (χ1n) is 6.98. The van der Waals surface area contributed by atoms with Crippen molar-refractivity contribution in [2.45, 2.75) is 32.9 Å². The van der Waals surface area contributed by atoms with Gasteiger partial charge in [-0.05, 0) is 41.0 Å². The number of nitrogens with zero attached hydrogens (tertiary/aromatic N) is 2. The van der Waals surface area contributed by atoms with Crippen LogP contribution in [0.15, 0.2) is 28.9 Å².